The van der Waals surface area contributed by atoms with Gasteiger partial charge in [0.25, 0.3) is 5.91 Å². The Kier molecular flexibility index (Phi) is 7.76. The van der Waals surface area contributed by atoms with Gasteiger partial charge in [0, 0.05) is 33.7 Å². The maximum Gasteiger partial charge on any atom is 0.310 e. The van der Waals surface area contributed by atoms with E-state index in [2.05, 4.69) is 10.3 Å². The number of rotatable bonds is 8. The molecule has 1 saturated heterocycles. The minimum atomic E-state index is -0.663. The van der Waals surface area contributed by atoms with Crippen LogP contribution in [0.2, 0.25) is 0 Å². The highest BCUT2D eigenvalue weighted by Crippen LogP contribution is 2.55. The Hall–Kier alpha value is -6.43. The minimum absolute atomic E-state index is 0.0548. The maximum atomic E-state index is 14.6. The first kappa shape index (κ1) is 32.5. The third kappa shape index (κ3) is 5.07. The number of carbonyl (C=O) groups excluding carboxylic acids is 2. The summed E-state index contributed by atoms with van der Waals surface area (Å²) in [5, 5.41) is 5.08. The van der Waals surface area contributed by atoms with Crippen molar-refractivity contribution in [1.82, 2.24) is 15.3 Å². The van der Waals surface area contributed by atoms with Crippen molar-refractivity contribution in [1.29, 1.82) is 0 Å². The molecule has 6 aromatic rings. The number of H-pyrrole nitrogens is 1. The summed E-state index contributed by atoms with van der Waals surface area (Å²) >= 11 is 0. The standard InChI is InChI=1S/C41H35N3O9/c1-47-29-12-8-6-10-22(29)37-38-24(21-9-5-7-11-27(21)42-38)15-28(43-37)40(45)44-36-25-17-31-30(52-19-53-31)16-23(25)34(35-26(36)18-51-41(35)46)20-13-32(48-2)39(50-4)33(14-20)49-3/h5-17,26,34-36,42H,18-19H2,1-4H3,(H,44,45)/t26-,34+,35-,36+/m0/s1. The molecule has 0 saturated carbocycles. The second-order valence-electron chi connectivity index (χ2n) is 13.2. The first-order valence-electron chi connectivity index (χ1n) is 17.2. The van der Waals surface area contributed by atoms with Crippen LogP contribution in [-0.2, 0) is 9.53 Å². The molecule has 2 aromatic heterocycles. The van der Waals surface area contributed by atoms with Gasteiger partial charge in [-0.3, -0.25) is 9.59 Å². The molecule has 268 valence electrons. The molecule has 4 aromatic carbocycles. The van der Waals surface area contributed by atoms with E-state index in [1.54, 1.807) is 34.5 Å². The summed E-state index contributed by atoms with van der Waals surface area (Å²) in [7, 11) is 6.25. The zero-order chi connectivity index (χ0) is 36.4. The summed E-state index contributed by atoms with van der Waals surface area (Å²) in [6, 6.07) is 24.1. The molecule has 2 aliphatic heterocycles. The van der Waals surface area contributed by atoms with E-state index in [1.165, 1.54) is 0 Å². The topological polar surface area (TPSA) is 139 Å². The zero-order valence-electron chi connectivity index (χ0n) is 29.4. The van der Waals surface area contributed by atoms with Crippen LogP contribution in [0.1, 0.15) is 39.1 Å². The second-order valence-corrected chi connectivity index (χ2v) is 13.2. The van der Waals surface area contributed by atoms with Crippen molar-refractivity contribution in [3.05, 3.63) is 101 Å². The molecule has 0 unspecified atom stereocenters. The number of carbonyl (C=O) groups is 2. The van der Waals surface area contributed by atoms with Crippen molar-refractivity contribution in [3.8, 4) is 45.8 Å². The molecular formula is C41H35N3O9. The summed E-state index contributed by atoms with van der Waals surface area (Å²) in [4.78, 5) is 36.8. The smallest absolute Gasteiger partial charge is 0.310 e. The van der Waals surface area contributed by atoms with Crippen LogP contribution in [0.3, 0.4) is 0 Å². The normalized spacial score (nSPS) is 19.7. The molecule has 0 radical (unpaired) electrons. The fourth-order valence-corrected chi connectivity index (χ4v) is 8.24. The van der Waals surface area contributed by atoms with Crippen LogP contribution in [-0.4, -0.2) is 63.7 Å². The number of methoxy groups -OCH3 is 4. The van der Waals surface area contributed by atoms with E-state index in [0.29, 0.717) is 40.2 Å². The Labute approximate surface area is 303 Å². The Morgan fingerprint density at radius 1 is 0.792 bits per heavy atom. The van der Waals surface area contributed by atoms with E-state index in [-0.39, 0.29) is 25.1 Å². The zero-order valence-corrected chi connectivity index (χ0v) is 29.4. The predicted molar refractivity (Wildman–Crippen MR) is 194 cm³/mol. The first-order valence-corrected chi connectivity index (χ1v) is 17.2. The molecule has 3 aliphatic rings. The summed E-state index contributed by atoms with van der Waals surface area (Å²) in [6.45, 7) is 0.157. The third-order valence-corrected chi connectivity index (χ3v) is 10.6. The number of ether oxygens (including phenoxy) is 7. The Morgan fingerprint density at radius 2 is 1.49 bits per heavy atom. The number of fused-ring (bicyclic) bond motifs is 6. The van der Waals surface area contributed by atoms with Crippen LogP contribution in [0.4, 0.5) is 0 Å². The lowest BCUT2D eigenvalue weighted by atomic mass is 9.65. The molecule has 12 heteroatoms. The van der Waals surface area contributed by atoms with Crippen molar-refractivity contribution in [2.45, 2.75) is 12.0 Å². The minimum Gasteiger partial charge on any atom is -0.496 e. The van der Waals surface area contributed by atoms with Crippen molar-refractivity contribution < 1.29 is 42.7 Å². The average molecular weight is 714 g/mol. The Morgan fingerprint density at radius 3 is 2.23 bits per heavy atom. The van der Waals surface area contributed by atoms with Gasteiger partial charge in [0.15, 0.2) is 23.0 Å². The van der Waals surface area contributed by atoms with E-state index >= 15 is 0 Å². The number of aromatic nitrogens is 2. The molecule has 0 spiro atoms. The molecule has 1 aliphatic carbocycles. The van der Waals surface area contributed by atoms with Gasteiger partial charge in [-0.1, -0.05) is 30.3 Å². The van der Waals surface area contributed by atoms with E-state index in [0.717, 1.165) is 44.1 Å². The molecule has 4 heterocycles. The monoisotopic (exact) mass is 713 g/mol. The van der Waals surface area contributed by atoms with Crippen LogP contribution in [0.5, 0.6) is 34.5 Å². The lowest BCUT2D eigenvalue weighted by Crippen LogP contribution is -2.43. The SMILES string of the molecule is COc1ccccc1-c1nc(C(=O)N[C@@H]2c3cc4c(cc3[C@@H](c3cc(OC)c(OC)c(OC)c3)[C@H]3C(=O)OC[C@@H]32)OCO4)cc2c1[nH]c1ccccc12. The molecule has 4 atom stereocenters. The van der Waals surface area contributed by atoms with Crippen LogP contribution in [0, 0.1) is 11.8 Å². The fourth-order valence-electron chi connectivity index (χ4n) is 8.24. The lowest BCUT2D eigenvalue weighted by Gasteiger charge is -2.39. The number of aromatic amines is 1. The summed E-state index contributed by atoms with van der Waals surface area (Å²) in [5.41, 5.74) is 5.53. The van der Waals surface area contributed by atoms with E-state index in [9.17, 15) is 9.59 Å². The quantitative estimate of drug-likeness (QED) is 0.167. The third-order valence-electron chi connectivity index (χ3n) is 10.6. The van der Waals surface area contributed by atoms with Gasteiger partial charge >= 0.3 is 5.97 Å². The number of amides is 1. The summed E-state index contributed by atoms with van der Waals surface area (Å²) in [6.07, 6.45) is 0. The second kappa shape index (κ2) is 12.7. The van der Waals surface area contributed by atoms with E-state index < -0.39 is 29.7 Å². The van der Waals surface area contributed by atoms with Gasteiger partial charge in [-0.15, -0.1) is 0 Å². The van der Waals surface area contributed by atoms with Gasteiger partial charge < -0.3 is 43.5 Å². The molecule has 12 nitrogen and oxygen atoms in total. The van der Waals surface area contributed by atoms with Gasteiger partial charge in [0.2, 0.25) is 12.5 Å². The van der Waals surface area contributed by atoms with Gasteiger partial charge in [0.05, 0.1) is 58.2 Å². The average Bonchev–Trinajstić information content (AvgIpc) is 3.93. The van der Waals surface area contributed by atoms with Crippen LogP contribution in [0.25, 0.3) is 33.1 Å². The van der Waals surface area contributed by atoms with E-state index in [4.69, 9.17) is 38.1 Å². The number of cyclic esters (lactones) is 1. The molecule has 1 amide bonds. The van der Waals surface area contributed by atoms with Crippen molar-refractivity contribution in [2.75, 3.05) is 41.8 Å². The number of nitrogens with one attached hydrogen (secondary N) is 2. The van der Waals surface area contributed by atoms with Crippen molar-refractivity contribution in [2.24, 2.45) is 11.8 Å². The number of benzene rings is 4. The molecule has 2 N–H and O–H groups in total. The Balaban J connectivity index is 1.19. The lowest BCUT2D eigenvalue weighted by molar-refractivity contribution is -0.141. The molecule has 53 heavy (non-hydrogen) atoms. The number of hydrogen-bond donors (Lipinski definition) is 2. The summed E-state index contributed by atoms with van der Waals surface area (Å²) in [5.74, 6) is 0.674. The number of esters is 1. The highest BCUT2D eigenvalue weighted by Gasteiger charge is 2.53. The maximum absolute atomic E-state index is 14.6. The van der Waals surface area contributed by atoms with Gasteiger partial charge in [-0.25, -0.2) is 4.98 Å². The van der Waals surface area contributed by atoms with Crippen LogP contribution < -0.4 is 33.7 Å². The first-order chi connectivity index (χ1) is 25.9. The fraction of sp³-hybridized carbons (Fsp3) is 0.244. The highest BCUT2D eigenvalue weighted by atomic mass is 16.7. The molecule has 9 rings (SSSR count). The number of para-hydroxylation sites is 2. The number of hydrogen-bond acceptors (Lipinski definition) is 10. The summed E-state index contributed by atoms with van der Waals surface area (Å²) < 4.78 is 40.2. The van der Waals surface area contributed by atoms with Gasteiger partial charge in [0.1, 0.15) is 11.4 Å². The largest absolute Gasteiger partial charge is 0.496 e. The van der Waals surface area contributed by atoms with Gasteiger partial charge in [-0.05, 0) is 65.2 Å². The van der Waals surface area contributed by atoms with Crippen molar-refractivity contribution >= 4 is 33.7 Å². The molecular weight excluding hydrogens is 678 g/mol. The highest BCUT2D eigenvalue weighted by molar-refractivity contribution is 6.13. The number of nitrogens with zero attached hydrogens (tertiary/aromatic N) is 1. The predicted octanol–water partition coefficient (Wildman–Crippen LogP) is 6.55. The molecule has 1 fully saturated rings. The molecule has 0 bridgehead atoms. The van der Waals surface area contributed by atoms with Crippen molar-refractivity contribution in [3.63, 3.8) is 0 Å². The van der Waals surface area contributed by atoms with E-state index in [1.807, 2.05) is 72.8 Å². The van der Waals surface area contributed by atoms with Crippen LogP contribution in [0.15, 0.2) is 78.9 Å². The van der Waals surface area contributed by atoms with Crippen LogP contribution >= 0.6 is 0 Å². The number of pyridine rings is 1. The Bertz CT molecular complexity index is 2430. The van der Waals surface area contributed by atoms with Gasteiger partial charge in [-0.2, -0.15) is 0 Å².